The van der Waals surface area contributed by atoms with Crippen LogP contribution in [0.25, 0.3) is 11.0 Å². The van der Waals surface area contributed by atoms with Gasteiger partial charge >= 0.3 is 0 Å². The number of benzene rings is 1. The number of imidazole rings is 1. The van der Waals surface area contributed by atoms with Crippen LogP contribution in [0.15, 0.2) is 18.2 Å². The molecule has 0 bridgehead atoms. The minimum absolute atomic E-state index is 0.451. The van der Waals surface area contributed by atoms with Crippen molar-refractivity contribution in [2.45, 2.75) is 18.9 Å². The molecule has 19 heavy (non-hydrogen) atoms. The summed E-state index contributed by atoms with van der Waals surface area (Å²) in [5.74, 6) is 0.874. The number of ether oxygens (including phenoxy) is 1. The van der Waals surface area contributed by atoms with Gasteiger partial charge in [-0.05, 0) is 50.8 Å². The van der Waals surface area contributed by atoms with E-state index in [0.717, 1.165) is 28.1 Å². The highest BCUT2D eigenvalue weighted by Gasteiger charge is 2.21. The summed E-state index contributed by atoms with van der Waals surface area (Å²) in [6, 6.07) is 6.51. The van der Waals surface area contributed by atoms with E-state index in [2.05, 4.69) is 27.6 Å². The molecular weight excluding hydrogens is 258 g/mol. The van der Waals surface area contributed by atoms with Gasteiger partial charge in [0.05, 0.1) is 18.1 Å². The summed E-state index contributed by atoms with van der Waals surface area (Å²) in [4.78, 5) is 5.66. The lowest BCUT2D eigenvalue weighted by Gasteiger charge is -2.30. The molecule has 1 fully saturated rings. The molecule has 2 aromatic rings. The second kappa shape index (κ2) is 4.98. The van der Waals surface area contributed by atoms with Gasteiger partial charge in [0.1, 0.15) is 5.75 Å². The molecule has 0 amide bonds. The summed E-state index contributed by atoms with van der Waals surface area (Å²) in [6.45, 7) is 2.23. The highest BCUT2D eigenvalue weighted by Crippen LogP contribution is 2.28. The van der Waals surface area contributed by atoms with Crippen LogP contribution in [0.2, 0.25) is 0 Å². The van der Waals surface area contributed by atoms with Gasteiger partial charge in [0.25, 0.3) is 0 Å². The molecule has 5 heteroatoms. The molecule has 1 unspecified atom stereocenters. The third-order valence-corrected chi connectivity index (χ3v) is 4.19. The number of hydrogen-bond donors (Lipinski definition) is 1. The largest absolute Gasteiger partial charge is 0.497 e. The van der Waals surface area contributed by atoms with Gasteiger partial charge < -0.3 is 19.2 Å². The summed E-state index contributed by atoms with van der Waals surface area (Å²) >= 11 is 5.50. The average Bonchev–Trinajstić information content (AvgIpc) is 2.73. The van der Waals surface area contributed by atoms with Crippen LogP contribution in [0.1, 0.15) is 18.9 Å². The number of hydrogen-bond acceptors (Lipinski definition) is 3. The molecular formula is C14H19N3OS. The van der Waals surface area contributed by atoms with Crippen molar-refractivity contribution < 1.29 is 4.74 Å². The fourth-order valence-electron chi connectivity index (χ4n) is 2.94. The van der Waals surface area contributed by atoms with Crippen LogP contribution < -0.4 is 4.74 Å². The van der Waals surface area contributed by atoms with Crippen LogP contribution in [-0.4, -0.2) is 41.7 Å². The number of likely N-dealkylation sites (tertiary alicyclic amines) is 1. The molecule has 0 spiro atoms. The Morgan fingerprint density at radius 1 is 1.42 bits per heavy atom. The van der Waals surface area contributed by atoms with Crippen molar-refractivity contribution in [3.8, 4) is 5.75 Å². The Kier molecular flexibility index (Phi) is 3.33. The highest BCUT2D eigenvalue weighted by atomic mass is 32.1. The second-order valence-corrected chi connectivity index (χ2v) is 5.63. The molecule has 1 aromatic carbocycles. The van der Waals surface area contributed by atoms with Crippen LogP contribution >= 0.6 is 12.2 Å². The topological polar surface area (TPSA) is 33.2 Å². The Hall–Kier alpha value is -1.33. The monoisotopic (exact) mass is 277 g/mol. The zero-order valence-electron chi connectivity index (χ0n) is 11.3. The van der Waals surface area contributed by atoms with Crippen molar-refractivity contribution in [2.24, 2.45) is 0 Å². The van der Waals surface area contributed by atoms with Crippen LogP contribution in [0.5, 0.6) is 5.75 Å². The van der Waals surface area contributed by atoms with Gasteiger partial charge in [-0.2, -0.15) is 0 Å². The zero-order chi connectivity index (χ0) is 13.4. The number of nitrogens with zero attached hydrogens (tertiary/aromatic N) is 2. The molecule has 4 nitrogen and oxygen atoms in total. The van der Waals surface area contributed by atoms with Crippen LogP contribution in [0.4, 0.5) is 0 Å². The summed E-state index contributed by atoms with van der Waals surface area (Å²) in [5, 5.41) is 0. The smallest absolute Gasteiger partial charge is 0.178 e. The van der Waals surface area contributed by atoms with E-state index in [-0.39, 0.29) is 0 Å². The number of likely N-dealkylation sites (N-methyl/N-ethyl adjacent to an activating group) is 1. The quantitative estimate of drug-likeness (QED) is 0.857. The van der Waals surface area contributed by atoms with Crippen molar-refractivity contribution in [3.05, 3.63) is 23.0 Å². The lowest BCUT2D eigenvalue weighted by molar-refractivity contribution is 0.214. The number of aromatic amines is 1. The lowest BCUT2D eigenvalue weighted by Crippen LogP contribution is -2.33. The molecule has 1 aliphatic rings. The Morgan fingerprint density at radius 3 is 3.00 bits per heavy atom. The van der Waals surface area contributed by atoms with Crippen molar-refractivity contribution >= 4 is 23.3 Å². The average molecular weight is 277 g/mol. The first-order valence-corrected chi connectivity index (χ1v) is 7.06. The predicted molar refractivity (Wildman–Crippen MR) is 79.4 cm³/mol. The minimum atomic E-state index is 0.451. The number of piperidine rings is 1. The number of aromatic nitrogens is 2. The molecule has 1 saturated heterocycles. The number of methoxy groups -OCH3 is 1. The first kappa shape index (κ1) is 12.7. The third-order valence-electron chi connectivity index (χ3n) is 3.89. The maximum atomic E-state index is 5.50. The second-order valence-electron chi connectivity index (χ2n) is 5.24. The van der Waals surface area contributed by atoms with Gasteiger partial charge in [-0.25, -0.2) is 0 Å². The van der Waals surface area contributed by atoms with Gasteiger partial charge in [0, 0.05) is 18.7 Å². The SMILES string of the molecule is COc1ccc2[nH]c(=S)n(C3CCCN(C)C3)c2c1. The third kappa shape index (κ3) is 2.28. The summed E-state index contributed by atoms with van der Waals surface area (Å²) in [5.41, 5.74) is 2.23. The maximum absolute atomic E-state index is 5.50. The van der Waals surface area contributed by atoms with E-state index in [4.69, 9.17) is 17.0 Å². The van der Waals surface area contributed by atoms with Gasteiger partial charge in [-0.1, -0.05) is 0 Å². The molecule has 1 aliphatic heterocycles. The Morgan fingerprint density at radius 2 is 2.26 bits per heavy atom. The van der Waals surface area contributed by atoms with Gasteiger partial charge in [0.15, 0.2) is 4.77 Å². The van der Waals surface area contributed by atoms with Crippen molar-refractivity contribution in [2.75, 3.05) is 27.2 Å². The van der Waals surface area contributed by atoms with Crippen molar-refractivity contribution in [1.29, 1.82) is 0 Å². The number of nitrogens with one attached hydrogen (secondary N) is 1. The summed E-state index contributed by atoms with van der Waals surface area (Å²) in [7, 11) is 3.87. The minimum Gasteiger partial charge on any atom is -0.497 e. The molecule has 3 rings (SSSR count). The van der Waals surface area contributed by atoms with E-state index >= 15 is 0 Å². The van der Waals surface area contributed by atoms with E-state index in [0.29, 0.717) is 6.04 Å². The predicted octanol–water partition coefficient (Wildman–Crippen LogP) is 2.97. The fourth-order valence-corrected chi connectivity index (χ4v) is 3.30. The Labute approximate surface area is 118 Å². The van der Waals surface area contributed by atoms with Crippen LogP contribution in [-0.2, 0) is 0 Å². The lowest BCUT2D eigenvalue weighted by atomic mass is 10.1. The molecule has 1 N–H and O–H groups in total. The highest BCUT2D eigenvalue weighted by molar-refractivity contribution is 7.71. The van der Waals surface area contributed by atoms with Crippen molar-refractivity contribution in [1.82, 2.24) is 14.5 Å². The maximum Gasteiger partial charge on any atom is 0.178 e. The number of H-pyrrole nitrogens is 1. The molecule has 0 saturated carbocycles. The van der Waals surface area contributed by atoms with Gasteiger partial charge in [-0.3, -0.25) is 0 Å². The molecule has 0 radical (unpaired) electrons. The van der Waals surface area contributed by atoms with E-state index < -0.39 is 0 Å². The first-order chi connectivity index (χ1) is 9.19. The van der Waals surface area contributed by atoms with Crippen LogP contribution in [0.3, 0.4) is 0 Å². The normalized spacial score (nSPS) is 20.8. The van der Waals surface area contributed by atoms with Crippen molar-refractivity contribution in [3.63, 3.8) is 0 Å². The van der Waals surface area contributed by atoms with Gasteiger partial charge in [0.2, 0.25) is 0 Å². The van der Waals surface area contributed by atoms with Gasteiger partial charge in [-0.15, -0.1) is 0 Å². The molecule has 102 valence electrons. The molecule has 2 heterocycles. The Bertz CT molecular complexity index is 646. The first-order valence-electron chi connectivity index (χ1n) is 6.66. The molecule has 1 atom stereocenters. The molecule has 1 aromatic heterocycles. The molecule has 0 aliphatic carbocycles. The van der Waals surface area contributed by atoms with E-state index in [9.17, 15) is 0 Å². The summed E-state index contributed by atoms with van der Waals surface area (Å²) < 4.78 is 8.39. The Balaban J connectivity index is 2.10. The van der Waals surface area contributed by atoms with Crippen LogP contribution in [0, 0.1) is 4.77 Å². The number of fused-ring (bicyclic) bond motifs is 1. The standard InChI is InChI=1S/C14H19N3OS/c1-16-7-3-4-10(9-16)17-13-8-11(18-2)5-6-12(13)15-14(17)19/h5-6,8,10H,3-4,7,9H2,1-2H3,(H,15,19). The number of rotatable bonds is 2. The summed E-state index contributed by atoms with van der Waals surface area (Å²) in [6.07, 6.45) is 2.41. The van der Waals surface area contributed by atoms with E-state index in [1.54, 1.807) is 7.11 Å². The van der Waals surface area contributed by atoms with E-state index in [1.807, 2.05) is 12.1 Å². The zero-order valence-corrected chi connectivity index (χ0v) is 12.2. The fraction of sp³-hybridized carbons (Fsp3) is 0.500. The van der Waals surface area contributed by atoms with E-state index in [1.165, 1.54) is 19.4 Å².